The highest BCUT2D eigenvalue weighted by atomic mass is 16.5. The Hall–Kier alpha value is -2.82. The van der Waals surface area contributed by atoms with Crippen LogP contribution < -0.4 is 15.4 Å². The molecule has 1 aliphatic rings. The van der Waals surface area contributed by atoms with Gasteiger partial charge in [0.2, 0.25) is 11.8 Å². The summed E-state index contributed by atoms with van der Waals surface area (Å²) in [6, 6.07) is 15.6. The van der Waals surface area contributed by atoms with Crippen LogP contribution in [0.2, 0.25) is 0 Å². The minimum Gasteiger partial charge on any atom is -0.497 e. The molecule has 0 fully saturated rings. The van der Waals surface area contributed by atoms with E-state index in [0.29, 0.717) is 25.8 Å². The first-order valence-electron chi connectivity index (χ1n) is 8.94. The van der Waals surface area contributed by atoms with Crippen molar-refractivity contribution in [1.29, 1.82) is 0 Å². The average molecular weight is 352 g/mol. The topological polar surface area (TPSA) is 67.4 Å². The summed E-state index contributed by atoms with van der Waals surface area (Å²) in [5, 5.41) is 5.86. The molecule has 2 aromatic rings. The third-order valence-electron chi connectivity index (χ3n) is 4.73. The van der Waals surface area contributed by atoms with E-state index in [0.717, 1.165) is 29.0 Å². The van der Waals surface area contributed by atoms with Crippen molar-refractivity contribution in [2.24, 2.45) is 5.92 Å². The Balaban J connectivity index is 1.40. The van der Waals surface area contributed by atoms with Gasteiger partial charge in [0, 0.05) is 24.6 Å². The van der Waals surface area contributed by atoms with Crippen LogP contribution in [0.3, 0.4) is 0 Å². The summed E-state index contributed by atoms with van der Waals surface area (Å²) in [4.78, 5) is 24.2. The Bertz CT molecular complexity index is 771. The molecule has 0 bridgehead atoms. The molecule has 1 heterocycles. The Kier molecular flexibility index (Phi) is 5.89. The molecule has 1 atom stereocenters. The normalized spacial score (nSPS) is 15.7. The Morgan fingerprint density at radius 1 is 1.19 bits per heavy atom. The molecule has 0 spiro atoms. The van der Waals surface area contributed by atoms with Crippen molar-refractivity contribution < 1.29 is 14.3 Å². The average Bonchev–Trinajstić information content (AvgIpc) is 2.67. The summed E-state index contributed by atoms with van der Waals surface area (Å²) in [7, 11) is 1.64. The molecule has 26 heavy (non-hydrogen) atoms. The van der Waals surface area contributed by atoms with Gasteiger partial charge in [0.15, 0.2) is 0 Å². The van der Waals surface area contributed by atoms with Gasteiger partial charge in [-0.2, -0.15) is 0 Å². The lowest BCUT2D eigenvalue weighted by atomic mass is 9.89. The van der Waals surface area contributed by atoms with Crippen molar-refractivity contribution in [1.82, 2.24) is 5.32 Å². The number of hydrogen-bond acceptors (Lipinski definition) is 3. The van der Waals surface area contributed by atoms with Crippen molar-refractivity contribution in [3.63, 3.8) is 0 Å². The zero-order valence-electron chi connectivity index (χ0n) is 15.0. The number of methoxy groups -OCH3 is 1. The van der Waals surface area contributed by atoms with E-state index < -0.39 is 0 Å². The van der Waals surface area contributed by atoms with Crippen molar-refractivity contribution in [2.45, 2.75) is 25.7 Å². The SMILES string of the molecule is COc1ccc(CCNC(=O)CC[C@@H]2Cc3ccccc3NC2=O)cc1. The highest BCUT2D eigenvalue weighted by Crippen LogP contribution is 2.27. The van der Waals surface area contributed by atoms with Crippen molar-refractivity contribution in [3.05, 3.63) is 59.7 Å². The van der Waals surface area contributed by atoms with Gasteiger partial charge < -0.3 is 15.4 Å². The molecular weight excluding hydrogens is 328 g/mol. The van der Waals surface area contributed by atoms with E-state index in [1.165, 1.54) is 0 Å². The number of ether oxygens (including phenoxy) is 1. The Morgan fingerprint density at radius 2 is 1.96 bits per heavy atom. The standard InChI is InChI=1S/C21H24N2O3/c1-26-18-9-6-15(7-10-18)12-13-22-20(24)11-8-17-14-16-4-2-3-5-19(16)23-21(17)25/h2-7,9-10,17H,8,11-14H2,1H3,(H,22,24)(H,23,25)/t17-/m1/s1. The molecule has 5 nitrogen and oxygen atoms in total. The van der Waals surface area contributed by atoms with Gasteiger partial charge in [-0.1, -0.05) is 30.3 Å². The molecule has 2 aromatic carbocycles. The molecule has 0 radical (unpaired) electrons. The van der Waals surface area contributed by atoms with E-state index in [2.05, 4.69) is 10.6 Å². The number of anilines is 1. The van der Waals surface area contributed by atoms with Gasteiger partial charge in [0.05, 0.1) is 7.11 Å². The quantitative estimate of drug-likeness (QED) is 0.805. The van der Waals surface area contributed by atoms with Crippen LogP contribution in [-0.2, 0) is 22.4 Å². The van der Waals surface area contributed by atoms with Gasteiger partial charge in [0.1, 0.15) is 5.75 Å². The van der Waals surface area contributed by atoms with Crippen LogP contribution in [0.15, 0.2) is 48.5 Å². The first kappa shape index (κ1) is 18.0. The van der Waals surface area contributed by atoms with Crippen LogP contribution in [0.1, 0.15) is 24.0 Å². The molecule has 136 valence electrons. The molecule has 2 N–H and O–H groups in total. The predicted molar refractivity (Wildman–Crippen MR) is 101 cm³/mol. The number of hydrogen-bond donors (Lipinski definition) is 2. The van der Waals surface area contributed by atoms with Gasteiger partial charge in [0.25, 0.3) is 0 Å². The molecule has 5 heteroatoms. The van der Waals surface area contributed by atoms with E-state index in [1.807, 2.05) is 48.5 Å². The lowest BCUT2D eigenvalue weighted by Crippen LogP contribution is -2.32. The number of fused-ring (bicyclic) bond motifs is 1. The summed E-state index contributed by atoms with van der Waals surface area (Å²) >= 11 is 0. The molecule has 0 aliphatic carbocycles. The number of nitrogens with one attached hydrogen (secondary N) is 2. The van der Waals surface area contributed by atoms with Crippen LogP contribution >= 0.6 is 0 Å². The van der Waals surface area contributed by atoms with Crippen molar-refractivity contribution in [2.75, 3.05) is 19.0 Å². The molecule has 2 amide bonds. The number of para-hydroxylation sites is 1. The number of carbonyl (C=O) groups excluding carboxylic acids is 2. The van der Waals surface area contributed by atoms with Crippen LogP contribution in [0.25, 0.3) is 0 Å². The second-order valence-electron chi connectivity index (χ2n) is 6.53. The Morgan fingerprint density at radius 3 is 2.73 bits per heavy atom. The summed E-state index contributed by atoms with van der Waals surface area (Å²) in [6.07, 6.45) is 2.39. The number of amides is 2. The molecule has 3 rings (SSSR count). The maximum absolute atomic E-state index is 12.2. The fourth-order valence-electron chi connectivity index (χ4n) is 3.18. The molecule has 0 aromatic heterocycles. The van der Waals surface area contributed by atoms with Gasteiger partial charge in [-0.15, -0.1) is 0 Å². The fourth-order valence-corrected chi connectivity index (χ4v) is 3.18. The summed E-state index contributed by atoms with van der Waals surface area (Å²) in [6.45, 7) is 0.588. The van der Waals surface area contributed by atoms with Crippen LogP contribution in [0.4, 0.5) is 5.69 Å². The first-order valence-corrected chi connectivity index (χ1v) is 8.94. The van der Waals surface area contributed by atoms with Crippen LogP contribution in [-0.4, -0.2) is 25.5 Å². The number of benzene rings is 2. The summed E-state index contributed by atoms with van der Waals surface area (Å²) < 4.78 is 5.13. The number of rotatable bonds is 7. The van der Waals surface area contributed by atoms with E-state index in [4.69, 9.17) is 4.74 Å². The highest BCUT2D eigenvalue weighted by molar-refractivity contribution is 5.96. The number of carbonyl (C=O) groups is 2. The fraction of sp³-hybridized carbons (Fsp3) is 0.333. The smallest absolute Gasteiger partial charge is 0.227 e. The summed E-state index contributed by atoms with van der Waals surface area (Å²) in [5.41, 5.74) is 3.17. The lowest BCUT2D eigenvalue weighted by molar-refractivity contribution is -0.122. The Labute approximate surface area is 153 Å². The second kappa shape index (κ2) is 8.52. The molecule has 0 unspecified atom stereocenters. The maximum Gasteiger partial charge on any atom is 0.227 e. The van der Waals surface area contributed by atoms with Crippen molar-refractivity contribution >= 4 is 17.5 Å². The highest BCUT2D eigenvalue weighted by Gasteiger charge is 2.26. The molecule has 0 saturated carbocycles. The molecule has 0 saturated heterocycles. The summed E-state index contributed by atoms with van der Waals surface area (Å²) in [5.74, 6) is 0.683. The minimum absolute atomic E-state index is 0.00901. The zero-order valence-corrected chi connectivity index (χ0v) is 15.0. The maximum atomic E-state index is 12.2. The lowest BCUT2D eigenvalue weighted by Gasteiger charge is -2.24. The van der Waals surface area contributed by atoms with Crippen LogP contribution in [0.5, 0.6) is 5.75 Å². The van der Waals surface area contributed by atoms with E-state index in [-0.39, 0.29) is 17.7 Å². The van der Waals surface area contributed by atoms with E-state index in [9.17, 15) is 9.59 Å². The molecular formula is C21H24N2O3. The van der Waals surface area contributed by atoms with Gasteiger partial charge in [-0.25, -0.2) is 0 Å². The van der Waals surface area contributed by atoms with Gasteiger partial charge in [-0.3, -0.25) is 9.59 Å². The minimum atomic E-state index is -0.141. The van der Waals surface area contributed by atoms with Gasteiger partial charge >= 0.3 is 0 Å². The largest absolute Gasteiger partial charge is 0.497 e. The third kappa shape index (κ3) is 4.63. The molecule has 1 aliphatic heterocycles. The zero-order chi connectivity index (χ0) is 18.4. The van der Waals surface area contributed by atoms with E-state index >= 15 is 0 Å². The third-order valence-corrected chi connectivity index (χ3v) is 4.73. The van der Waals surface area contributed by atoms with Crippen LogP contribution in [0, 0.1) is 5.92 Å². The van der Waals surface area contributed by atoms with E-state index in [1.54, 1.807) is 7.11 Å². The van der Waals surface area contributed by atoms with Crippen molar-refractivity contribution in [3.8, 4) is 5.75 Å². The second-order valence-corrected chi connectivity index (χ2v) is 6.53. The predicted octanol–water partition coefficient (Wildman–Crippen LogP) is 2.95. The van der Waals surface area contributed by atoms with Gasteiger partial charge in [-0.05, 0) is 48.6 Å². The first-order chi connectivity index (χ1) is 12.7. The monoisotopic (exact) mass is 352 g/mol.